The van der Waals surface area contributed by atoms with Gasteiger partial charge in [0.1, 0.15) is 0 Å². The van der Waals surface area contributed by atoms with E-state index in [-0.39, 0.29) is 11.9 Å². The van der Waals surface area contributed by atoms with Crippen molar-refractivity contribution < 1.29 is 9.13 Å². The monoisotopic (exact) mass is 210 g/mol. The third kappa shape index (κ3) is 2.11. The van der Waals surface area contributed by atoms with Crippen LogP contribution in [-0.4, -0.2) is 26.7 Å². The fraction of sp³-hybridized carbons (Fsp3) is 0.455. The average molecular weight is 210 g/mol. The second-order valence-corrected chi connectivity index (χ2v) is 3.57. The molecule has 15 heavy (non-hydrogen) atoms. The first-order valence-electron chi connectivity index (χ1n) is 5.09. The maximum Gasteiger partial charge on any atom is 0.169 e. The van der Waals surface area contributed by atoms with Crippen molar-refractivity contribution in [3.63, 3.8) is 0 Å². The van der Waals surface area contributed by atoms with Crippen LogP contribution in [0.3, 0.4) is 0 Å². The Morgan fingerprint density at radius 3 is 2.93 bits per heavy atom. The van der Waals surface area contributed by atoms with Crippen LogP contribution in [-0.2, 0) is 0 Å². The molecule has 0 radical (unpaired) electrons. The molecule has 0 amide bonds. The van der Waals surface area contributed by atoms with Crippen LogP contribution in [0.25, 0.3) is 0 Å². The summed E-state index contributed by atoms with van der Waals surface area (Å²) in [6.45, 7) is 2.55. The van der Waals surface area contributed by atoms with Gasteiger partial charge in [-0.15, -0.1) is 0 Å². The molecule has 0 aromatic heterocycles. The van der Waals surface area contributed by atoms with Crippen LogP contribution in [0.5, 0.6) is 5.75 Å². The minimum Gasteiger partial charge on any atom is -0.494 e. The topological polar surface area (TPSA) is 33.3 Å². The van der Waals surface area contributed by atoms with Crippen molar-refractivity contribution in [1.82, 2.24) is 10.6 Å². The van der Waals surface area contributed by atoms with E-state index in [1.807, 2.05) is 6.07 Å². The van der Waals surface area contributed by atoms with Gasteiger partial charge in [0, 0.05) is 31.2 Å². The van der Waals surface area contributed by atoms with Crippen molar-refractivity contribution in [2.75, 3.05) is 26.7 Å². The number of nitrogens with one attached hydrogen (secondary N) is 2. The lowest BCUT2D eigenvalue weighted by molar-refractivity contribution is 0.371. The highest BCUT2D eigenvalue weighted by atomic mass is 19.1. The van der Waals surface area contributed by atoms with Crippen LogP contribution in [0.4, 0.5) is 4.39 Å². The Hall–Kier alpha value is -1.13. The van der Waals surface area contributed by atoms with Crippen molar-refractivity contribution in [3.8, 4) is 5.75 Å². The second kappa shape index (κ2) is 4.59. The van der Waals surface area contributed by atoms with Crippen molar-refractivity contribution in [1.29, 1.82) is 0 Å². The lowest BCUT2D eigenvalue weighted by Gasteiger charge is -2.25. The van der Waals surface area contributed by atoms with Crippen LogP contribution >= 0.6 is 0 Å². The Morgan fingerprint density at radius 1 is 1.40 bits per heavy atom. The van der Waals surface area contributed by atoms with E-state index < -0.39 is 0 Å². The molecule has 1 saturated heterocycles. The van der Waals surface area contributed by atoms with Gasteiger partial charge >= 0.3 is 0 Å². The van der Waals surface area contributed by atoms with E-state index >= 15 is 0 Å². The number of hydrogen-bond donors (Lipinski definition) is 2. The third-order valence-electron chi connectivity index (χ3n) is 2.63. The smallest absolute Gasteiger partial charge is 0.169 e. The summed E-state index contributed by atoms with van der Waals surface area (Å²) in [5.41, 5.74) is 0.668. The first kappa shape index (κ1) is 10.4. The number of piperazine rings is 1. The minimum absolute atomic E-state index is 0.0360. The van der Waals surface area contributed by atoms with Crippen LogP contribution in [0.15, 0.2) is 18.2 Å². The molecule has 1 fully saturated rings. The molecular weight excluding hydrogens is 195 g/mol. The van der Waals surface area contributed by atoms with Gasteiger partial charge in [-0.05, 0) is 6.07 Å². The predicted octanol–water partition coefficient (Wildman–Crippen LogP) is 1.07. The molecule has 2 rings (SSSR count). The Morgan fingerprint density at radius 2 is 2.27 bits per heavy atom. The van der Waals surface area contributed by atoms with E-state index in [2.05, 4.69) is 10.6 Å². The Bertz CT molecular complexity index is 337. The normalized spacial score (nSPS) is 21.3. The molecule has 1 aliphatic heterocycles. The number of methoxy groups -OCH3 is 1. The highest BCUT2D eigenvalue weighted by Gasteiger charge is 2.19. The van der Waals surface area contributed by atoms with E-state index in [1.54, 1.807) is 12.1 Å². The highest BCUT2D eigenvalue weighted by Crippen LogP contribution is 2.25. The summed E-state index contributed by atoms with van der Waals surface area (Å²) < 4.78 is 18.8. The van der Waals surface area contributed by atoms with Crippen molar-refractivity contribution in [2.45, 2.75) is 6.04 Å². The number of benzene rings is 1. The van der Waals surface area contributed by atoms with E-state index in [1.165, 1.54) is 7.11 Å². The molecule has 0 saturated carbocycles. The Balaban J connectivity index is 2.26. The molecule has 1 aromatic carbocycles. The summed E-state index contributed by atoms with van der Waals surface area (Å²) in [5.74, 6) is 0.0427. The zero-order valence-electron chi connectivity index (χ0n) is 8.72. The largest absolute Gasteiger partial charge is 0.494 e. The zero-order chi connectivity index (χ0) is 10.7. The van der Waals surface area contributed by atoms with E-state index in [4.69, 9.17) is 4.74 Å². The fourth-order valence-electron chi connectivity index (χ4n) is 1.83. The summed E-state index contributed by atoms with van der Waals surface area (Å²) in [5, 5.41) is 6.50. The molecule has 0 bridgehead atoms. The van der Waals surface area contributed by atoms with Gasteiger partial charge in [-0.1, -0.05) is 12.1 Å². The quantitative estimate of drug-likeness (QED) is 0.766. The van der Waals surface area contributed by atoms with Gasteiger partial charge in [0.15, 0.2) is 11.6 Å². The van der Waals surface area contributed by atoms with Crippen LogP contribution in [0, 0.1) is 5.82 Å². The molecular formula is C11H15FN2O. The van der Waals surface area contributed by atoms with Gasteiger partial charge < -0.3 is 15.4 Å². The number of rotatable bonds is 2. The molecule has 3 nitrogen and oxygen atoms in total. The molecule has 4 heteroatoms. The van der Waals surface area contributed by atoms with Crippen molar-refractivity contribution >= 4 is 0 Å². The van der Waals surface area contributed by atoms with E-state index in [0.29, 0.717) is 11.3 Å². The van der Waals surface area contributed by atoms with Gasteiger partial charge in [0.25, 0.3) is 0 Å². The second-order valence-electron chi connectivity index (χ2n) is 3.57. The average Bonchev–Trinajstić information content (AvgIpc) is 2.30. The van der Waals surface area contributed by atoms with Crippen LogP contribution < -0.4 is 15.4 Å². The first-order chi connectivity index (χ1) is 7.33. The zero-order valence-corrected chi connectivity index (χ0v) is 8.72. The molecule has 1 aliphatic rings. The molecule has 1 heterocycles. The number of halogens is 1. The molecule has 1 atom stereocenters. The van der Waals surface area contributed by atoms with Gasteiger partial charge in [-0.25, -0.2) is 4.39 Å². The summed E-state index contributed by atoms with van der Waals surface area (Å²) in [6.07, 6.45) is 0. The summed E-state index contributed by atoms with van der Waals surface area (Å²) >= 11 is 0. The van der Waals surface area contributed by atoms with Crippen molar-refractivity contribution in [2.24, 2.45) is 0 Å². The van der Waals surface area contributed by atoms with Crippen molar-refractivity contribution in [3.05, 3.63) is 29.6 Å². The molecule has 0 unspecified atom stereocenters. The Labute approximate surface area is 88.6 Å². The lowest BCUT2D eigenvalue weighted by Crippen LogP contribution is -2.42. The molecule has 0 aliphatic carbocycles. The van der Waals surface area contributed by atoms with Gasteiger partial charge in [-0.2, -0.15) is 0 Å². The molecule has 82 valence electrons. The van der Waals surface area contributed by atoms with Crippen LogP contribution in [0.2, 0.25) is 0 Å². The number of ether oxygens (including phenoxy) is 1. The SMILES string of the molecule is COc1cccc([C@@H]2CNCCN2)c1F. The molecule has 0 spiro atoms. The highest BCUT2D eigenvalue weighted by molar-refractivity contribution is 5.33. The Kier molecular flexibility index (Phi) is 3.18. The van der Waals surface area contributed by atoms with Crippen LogP contribution in [0.1, 0.15) is 11.6 Å². The number of hydrogen-bond acceptors (Lipinski definition) is 3. The van der Waals surface area contributed by atoms with Gasteiger partial charge in [0.2, 0.25) is 0 Å². The molecule has 1 aromatic rings. The third-order valence-corrected chi connectivity index (χ3v) is 2.63. The predicted molar refractivity (Wildman–Crippen MR) is 56.6 cm³/mol. The molecule has 2 N–H and O–H groups in total. The minimum atomic E-state index is -0.263. The standard InChI is InChI=1S/C11H15FN2O/c1-15-10-4-2-3-8(11(10)12)9-7-13-5-6-14-9/h2-4,9,13-14H,5-7H2,1H3/t9-/m0/s1. The van der Waals surface area contributed by atoms with Gasteiger partial charge in [-0.3, -0.25) is 0 Å². The maximum absolute atomic E-state index is 13.9. The lowest BCUT2D eigenvalue weighted by atomic mass is 10.0. The van der Waals surface area contributed by atoms with E-state index in [9.17, 15) is 4.39 Å². The fourth-order valence-corrected chi connectivity index (χ4v) is 1.83. The van der Waals surface area contributed by atoms with E-state index in [0.717, 1.165) is 19.6 Å². The first-order valence-corrected chi connectivity index (χ1v) is 5.09. The van der Waals surface area contributed by atoms with Gasteiger partial charge in [0.05, 0.1) is 7.11 Å². The summed E-state index contributed by atoms with van der Waals surface area (Å²) in [6, 6.07) is 5.28. The maximum atomic E-state index is 13.9. The summed E-state index contributed by atoms with van der Waals surface area (Å²) in [4.78, 5) is 0. The summed E-state index contributed by atoms with van der Waals surface area (Å²) in [7, 11) is 1.48.